The molecule has 0 heterocycles. The number of benzene rings is 1. The third-order valence-corrected chi connectivity index (χ3v) is 3.66. The van der Waals surface area contributed by atoms with Crippen LogP contribution in [0.4, 0.5) is 0 Å². The van der Waals surface area contributed by atoms with E-state index in [4.69, 9.17) is 5.11 Å². The van der Waals surface area contributed by atoms with Crippen LogP contribution in [0.2, 0.25) is 0 Å². The van der Waals surface area contributed by atoms with Crippen LogP contribution >= 0.6 is 0 Å². The van der Waals surface area contributed by atoms with Crippen LogP contribution in [-0.2, 0) is 11.3 Å². The number of nitrogens with one attached hydrogen (secondary N) is 1. The second-order valence-electron chi connectivity index (χ2n) is 5.04. The van der Waals surface area contributed by atoms with Crippen LogP contribution in [-0.4, -0.2) is 41.7 Å². The molecule has 0 aliphatic heterocycles. The van der Waals surface area contributed by atoms with Crippen LogP contribution in [0.5, 0.6) is 0 Å². The van der Waals surface area contributed by atoms with Gasteiger partial charge >= 0.3 is 0 Å². The normalized spacial score (nSPS) is 15.3. The Morgan fingerprint density at radius 3 is 2.63 bits per heavy atom. The quantitative estimate of drug-likeness (QED) is 0.775. The maximum atomic E-state index is 11.9. The minimum atomic E-state index is 0.0317. The lowest BCUT2D eigenvalue weighted by atomic mass is 9.91. The summed E-state index contributed by atoms with van der Waals surface area (Å²) in [5, 5.41) is 12.0. The number of hydrogen-bond acceptors (Lipinski definition) is 3. The van der Waals surface area contributed by atoms with E-state index in [2.05, 4.69) is 10.2 Å². The van der Waals surface area contributed by atoms with Crippen LogP contribution < -0.4 is 5.32 Å². The van der Waals surface area contributed by atoms with Crippen LogP contribution in [0.25, 0.3) is 0 Å². The molecule has 0 atom stereocenters. The van der Waals surface area contributed by atoms with E-state index in [0.29, 0.717) is 25.7 Å². The van der Waals surface area contributed by atoms with Gasteiger partial charge in [0.25, 0.3) is 0 Å². The van der Waals surface area contributed by atoms with Gasteiger partial charge in [-0.2, -0.15) is 0 Å². The average Bonchev–Trinajstić information content (AvgIpc) is 2.36. The molecule has 1 amide bonds. The van der Waals surface area contributed by atoms with Crippen molar-refractivity contribution in [3.05, 3.63) is 35.9 Å². The van der Waals surface area contributed by atoms with Crippen molar-refractivity contribution in [2.24, 2.45) is 0 Å². The first-order valence-corrected chi connectivity index (χ1v) is 6.95. The molecule has 4 nitrogen and oxygen atoms in total. The van der Waals surface area contributed by atoms with E-state index >= 15 is 0 Å². The molecule has 4 heteroatoms. The Hall–Kier alpha value is -1.39. The zero-order chi connectivity index (χ0) is 13.5. The lowest BCUT2D eigenvalue weighted by Crippen LogP contribution is -2.47. The number of hydrogen-bond donors (Lipinski definition) is 2. The second kappa shape index (κ2) is 7.26. The summed E-state index contributed by atoms with van der Waals surface area (Å²) in [7, 11) is 0. The lowest BCUT2D eigenvalue weighted by molar-refractivity contribution is -0.123. The molecule has 2 N–H and O–H groups in total. The van der Waals surface area contributed by atoms with Gasteiger partial charge in [0, 0.05) is 19.1 Å². The van der Waals surface area contributed by atoms with Crippen LogP contribution in [0.3, 0.4) is 0 Å². The SMILES string of the molecule is O=C(CN(CCO)C1CCC1)NCc1ccccc1. The van der Waals surface area contributed by atoms with Crippen molar-refractivity contribution in [2.45, 2.75) is 31.8 Å². The summed E-state index contributed by atoms with van der Waals surface area (Å²) in [5.41, 5.74) is 1.10. The van der Waals surface area contributed by atoms with Gasteiger partial charge in [0.05, 0.1) is 13.2 Å². The van der Waals surface area contributed by atoms with Gasteiger partial charge in [-0.25, -0.2) is 0 Å². The summed E-state index contributed by atoms with van der Waals surface area (Å²) in [6.07, 6.45) is 3.52. The monoisotopic (exact) mass is 262 g/mol. The molecule has 0 spiro atoms. The molecule has 19 heavy (non-hydrogen) atoms. The Kier molecular flexibility index (Phi) is 5.36. The molecule has 1 aliphatic rings. The van der Waals surface area contributed by atoms with Gasteiger partial charge in [-0.3, -0.25) is 9.69 Å². The van der Waals surface area contributed by atoms with E-state index in [1.807, 2.05) is 30.3 Å². The molecule has 1 fully saturated rings. The molecule has 0 radical (unpaired) electrons. The molecule has 1 aromatic carbocycles. The fourth-order valence-electron chi connectivity index (χ4n) is 2.31. The predicted molar refractivity (Wildman–Crippen MR) is 74.6 cm³/mol. The van der Waals surface area contributed by atoms with E-state index < -0.39 is 0 Å². The number of carbonyl (C=O) groups excluding carboxylic acids is 1. The van der Waals surface area contributed by atoms with Crippen molar-refractivity contribution in [1.29, 1.82) is 0 Å². The summed E-state index contributed by atoms with van der Waals surface area (Å²) < 4.78 is 0. The molecule has 2 rings (SSSR count). The van der Waals surface area contributed by atoms with Crippen molar-refractivity contribution < 1.29 is 9.90 Å². The lowest BCUT2D eigenvalue weighted by Gasteiger charge is -2.36. The zero-order valence-corrected chi connectivity index (χ0v) is 11.2. The molecule has 1 saturated carbocycles. The molecule has 0 bridgehead atoms. The summed E-state index contributed by atoms with van der Waals surface area (Å²) in [5.74, 6) is 0.0317. The summed E-state index contributed by atoms with van der Waals surface area (Å²) in [6.45, 7) is 1.65. The summed E-state index contributed by atoms with van der Waals surface area (Å²) in [4.78, 5) is 14.0. The fraction of sp³-hybridized carbons (Fsp3) is 0.533. The maximum absolute atomic E-state index is 11.9. The Bertz CT molecular complexity index is 390. The van der Waals surface area contributed by atoms with Crippen molar-refractivity contribution in [2.75, 3.05) is 19.7 Å². The van der Waals surface area contributed by atoms with Crippen LogP contribution in [0.1, 0.15) is 24.8 Å². The van der Waals surface area contributed by atoms with Gasteiger partial charge in [-0.15, -0.1) is 0 Å². The Labute approximate surface area is 114 Å². The smallest absolute Gasteiger partial charge is 0.234 e. The molecule has 0 aromatic heterocycles. The number of aliphatic hydroxyl groups is 1. The minimum Gasteiger partial charge on any atom is -0.395 e. The number of carbonyl (C=O) groups is 1. The standard InChI is InChI=1S/C15H22N2O2/c18-10-9-17(14-7-4-8-14)12-15(19)16-11-13-5-2-1-3-6-13/h1-3,5-6,14,18H,4,7-12H2,(H,16,19). The fourth-order valence-corrected chi connectivity index (χ4v) is 2.31. The van der Waals surface area contributed by atoms with Gasteiger partial charge in [0.2, 0.25) is 5.91 Å². The van der Waals surface area contributed by atoms with Crippen LogP contribution in [0.15, 0.2) is 30.3 Å². The molecule has 0 saturated heterocycles. The van der Waals surface area contributed by atoms with Crippen molar-refractivity contribution in [3.8, 4) is 0 Å². The van der Waals surface area contributed by atoms with Crippen molar-refractivity contribution in [3.63, 3.8) is 0 Å². The van der Waals surface area contributed by atoms with E-state index in [1.54, 1.807) is 0 Å². The Balaban J connectivity index is 1.75. The number of amides is 1. The zero-order valence-electron chi connectivity index (χ0n) is 11.2. The largest absolute Gasteiger partial charge is 0.395 e. The second-order valence-corrected chi connectivity index (χ2v) is 5.04. The third kappa shape index (κ3) is 4.33. The van der Waals surface area contributed by atoms with Gasteiger partial charge in [0.1, 0.15) is 0 Å². The van der Waals surface area contributed by atoms with Gasteiger partial charge in [0.15, 0.2) is 0 Å². The minimum absolute atomic E-state index is 0.0317. The van der Waals surface area contributed by atoms with Crippen molar-refractivity contribution in [1.82, 2.24) is 10.2 Å². The topological polar surface area (TPSA) is 52.6 Å². The Morgan fingerprint density at radius 2 is 2.05 bits per heavy atom. The first-order chi connectivity index (χ1) is 9.29. The first kappa shape index (κ1) is 14.0. The highest BCUT2D eigenvalue weighted by Crippen LogP contribution is 2.24. The van der Waals surface area contributed by atoms with Gasteiger partial charge in [-0.05, 0) is 18.4 Å². The molecule has 1 aromatic rings. The average molecular weight is 262 g/mol. The molecule has 1 aliphatic carbocycles. The molecule has 104 valence electrons. The van der Waals surface area contributed by atoms with Crippen LogP contribution in [0, 0.1) is 0 Å². The number of aliphatic hydroxyl groups excluding tert-OH is 1. The van der Waals surface area contributed by atoms with Gasteiger partial charge < -0.3 is 10.4 Å². The van der Waals surface area contributed by atoms with Gasteiger partial charge in [-0.1, -0.05) is 36.8 Å². The molecule has 0 unspecified atom stereocenters. The highest BCUT2D eigenvalue weighted by atomic mass is 16.3. The maximum Gasteiger partial charge on any atom is 0.234 e. The van der Waals surface area contributed by atoms with E-state index in [1.165, 1.54) is 6.42 Å². The predicted octanol–water partition coefficient (Wildman–Crippen LogP) is 1.15. The number of rotatable bonds is 7. The third-order valence-electron chi connectivity index (χ3n) is 3.66. The van der Waals surface area contributed by atoms with E-state index in [0.717, 1.165) is 18.4 Å². The van der Waals surface area contributed by atoms with E-state index in [9.17, 15) is 4.79 Å². The summed E-state index contributed by atoms with van der Waals surface area (Å²) >= 11 is 0. The van der Waals surface area contributed by atoms with E-state index in [-0.39, 0.29) is 12.5 Å². The highest BCUT2D eigenvalue weighted by molar-refractivity contribution is 5.78. The van der Waals surface area contributed by atoms with Crippen molar-refractivity contribution >= 4 is 5.91 Å². The molecular weight excluding hydrogens is 240 g/mol. The summed E-state index contributed by atoms with van der Waals surface area (Å²) in [6, 6.07) is 10.4. The molecular formula is C15H22N2O2. The highest BCUT2D eigenvalue weighted by Gasteiger charge is 2.25. The first-order valence-electron chi connectivity index (χ1n) is 6.95. The number of nitrogens with zero attached hydrogens (tertiary/aromatic N) is 1. The Morgan fingerprint density at radius 1 is 1.32 bits per heavy atom.